The molecule has 2 heterocycles. The summed E-state index contributed by atoms with van der Waals surface area (Å²) < 4.78 is 44.4. The number of benzene rings is 2. The highest BCUT2D eigenvalue weighted by atomic mass is 19.4. The van der Waals surface area contributed by atoms with Crippen molar-refractivity contribution in [2.24, 2.45) is 17.2 Å². The molecule has 1 atom stereocenters. The molecule has 1 saturated heterocycles. The Balaban J connectivity index is 1.74. The molecule has 0 amide bonds. The molecule has 0 spiro atoms. The number of fused-ring (bicyclic) bond motifs is 1. The number of piperidine rings is 1. The molecule has 6 nitrogen and oxygen atoms in total. The molecule has 1 fully saturated rings. The summed E-state index contributed by atoms with van der Waals surface area (Å²) in [4.78, 5) is 2.37. The third kappa shape index (κ3) is 5.72. The van der Waals surface area contributed by atoms with E-state index >= 15 is 0 Å². The van der Waals surface area contributed by atoms with Gasteiger partial charge in [0.05, 0.1) is 0 Å². The van der Waals surface area contributed by atoms with E-state index in [1.807, 2.05) is 6.20 Å². The van der Waals surface area contributed by atoms with Gasteiger partial charge in [0, 0.05) is 54.9 Å². The zero-order valence-electron chi connectivity index (χ0n) is 19.2. The Kier molecular flexibility index (Phi) is 7.47. The van der Waals surface area contributed by atoms with Crippen molar-refractivity contribution in [3.63, 3.8) is 0 Å². The Labute approximate surface area is 197 Å². The van der Waals surface area contributed by atoms with Gasteiger partial charge < -0.3 is 26.5 Å². The minimum absolute atomic E-state index is 0.0885. The van der Waals surface area contributed by atoms with Crippen LogP contribution in [0.3, 0.4) is 0 Å². The molecule has 184 valence electrons. The zero-order valence-corrected chi connectivity index (χ0v) is 19.2. The molecule has 3 aromatic rings. The van der Waals surface area contributed by atoms with Crippen molar-refractivity contribution in [2.75, 3.05) is 19.6 Å². The highest BCUT2D eigenvalue weighted by Crippen LogP contribution is 2.36. The normalized spacial score (nSPS) is 17.4. The second-order valence-corrected chi connectivity index (χ2v) is 8.94. The average Bonchev–Trinajstić information content (AvgIpc) is 3.14. The molecule has 9 heteroatoms. The number of halogens is 3. The number of aromatic nitrogens is 1. The van der Waals surface area contributed by atoms with Gasteiger partial charge in [-0.15, -0.1) is 13.2 Å². The van der Waals surface area contributed by atoms with Gasteiger partial charge in [0.1, 0.15) is 5.75 Å². The van der Waals surface area contributed by atoms with Crippen LogP contribution >= 0.6 is 0 Å². The third-order valence-electron chi connectivity index (χ3n) is 6.32. The van der Waals surface area contributed by atoms with Crippen molar-refractivity contribution in [3.05, 3.63) is 53.7 Å². The fourth-order valence-electron chi connectivity index (χ4n) is 4.80. The second kappa shape index (κ2) is 10.4. The van der Waals surface area contributed by atoms with Gasteiger partial charge in [0.15, 0.2) is 0 Å². The van der Waals surface area contributed by atoms with Crippen molar-refractivity contribution in [3.8, 4) is 16.9 Å². The Hall–Kier alpha value is -2.59. The lowest BCUT2D eigenvalue weighted by molar-refractivity contribution is -0.274. The van der Waals surface area contributed by atoms with Gasteiger partial charge >= 0.3 is 6.36 Å². The maximum atomic E-state index is 12.7. The molecule has 0 aliphatic carbocycles. The molecule has 1 aromatic heterocycles. The van der Waals surface area contributed by atoms with Crippen molar-refractivity contribution >= 4 is 10.9 Å². The number of nitrogens with zero attached hydrogens (tertiary/aromatic N) is 2. The molecular weight excluding hydrogens is 443 g/mol. The SMILES string of the molecule is NCCCn1cc(-c2ccc(OC(F)(F)F)cc2CN)c2cc(CN3CCCC(N)C3)ccc21. The van der Waals surface area contributed by atoms with Gasteiger partial charge in [0.25, 0.3) is 0 Å². The number of rotatable bonds is 8. The number of likely N-dealkylation sites (tertiary alicyclic amines) is 1. The maximum absolute atomic E-state index is 12.7. The van der Waals surface area contributed by atoms with Crippen molar-refractivity contribution in [1.82, 2.24) is 9.47 Å². The van der Waals surface area contributed by atoms with Crippen molar-refractivity contribution in [1.29, 1.82) is 0 Å². The first kappa shape index (κ1) is 24.5. The van der Waals surface area contributed by atoms with Crippen LogP contribution in [0.4, 0.5) is 13.2 Å². The van der Waals surface area contributed by atoms with E-state index < -0.39 is 6.36 Å². The highest BCUT2D eigenvalue weighted by molar-refractivity contribution is 5.97. The van der Waals surface area contributed by atoms with Gasteiger partial charge in [0.2, 0.25) is 0 Å². The molecule has 0 bridgehead atoms. The van der Waals surface area contributed by atoms with E-state index in [0.29, 0.717) is 12.1 Å². The maximum Gasteiger partial charge on any atom is 0.573 e. The number of hydrogen-bond acceptors (Lipinski definition) is 5. The predicted octanol–water partition coefficient (Wildman–Crippen LogP) is 3.94. The highest BCUT2D eigenvalue weighted by Gasteiger charge is 2.31. The first-order chi connectivity index (χ1) is 16.3. The summed E-state index contributed by atoms with van der Waals surface area (Å²) in [6.45, 7) is 4.11. The van der Waals surface area contributed by atoms with Crippen LogP contribution in [0.2, 0.25) is 0 Å². The van der Waals surface area contributed by atoms with E-state index in [1.165, 1.54) is 17.7 Å². The molecule has 2 aromatic carbocycles. The van der Waals surface area contributed by atoms with Crippen LogP contribution in [0, 0.1) is 0 Å². The fourth-order valence-corrected chi connectivity index (χ4v) is 4.80. The predicted molar refractivity (Wildman–Crippen MR) is 128 cm³/mol. The lowest BCUT2D eigenvalue weighted by Gasteiger charge is -2.30. The molecule has 4 rings (SSSR count). The molecular formula is C25H32F3N5O. The number of hydrogen-bond donors (Lipinski definition) is 3. The number of alkyl halides is 3. The molecule has 0 saturated carbocycles. The van der Waals surface area contributed by atoms with Crippen LogP contribution in [0.5, 0.6) is 5.75 Å². The lowest BCUT2D eigenvalue weighted by Crippen LogP contribution is -2.42. The number of aryl methyl sites for hydroxylation is 1. The van der Waals surface area contributed by atoms with E-state index in [1.54, 1.807) is 6.07 Å². The Morgan fingerprint density at radius 1 is 1.06 bits per heavy atom. The monoisotopic (exact) mass is 475 g/mol. The van der Waals surface area contributed by atoms with E-state index in [9.17, 15) is 13.2 Å². The molecule has 34 heavy (non-hydrogen) atoms. The summed E-state index contributed by atoms with van der Waals surface area (Å²) in [5, 5.41) is 1.04. The van der Waals surface area contributed by atoms with Crippen LogP contribution < -0.4 is 21.9 Å². The minimum atomic E-state index is -4.75. The molecule has 1 unspecified atom stereocenters. The minimum Gasteiger partial charge on any atom is -0.406 e. The molecule has 1 aliphatic rings. The summed E-state index contributed by atoms with van der Waals surface area (Å²) in [7, 11) is 0. The first-order valence-electron chi connectivity index (χ1n) is 11.7. The standard InChI is InChI=1S/C25H32F3N5O/c26-25(27,28)34-20-5-6-21(18(12-20)13-30)23-16-33(10-2-8-29)24-7-4-17(11-22(23)24)14-32-9-1-3-19(31)15-32/h4-7,11-12,16,19H,1-3,8-10,13-15,29-31H2. The third-order valence-corrected chi connectivity index (χ3v) is 6.32. The van der Waals surface area contributed by atoms with E-state index in [0.717, 1.165) is 67.5 Å². The first-order valence-corrected chi connectivity index (χ1v) is 11.7. The quantitative estimate of drug-likeness (QED) is 0.459. The summed E-state index contributed by atoms with van der Waals surface area (Å²) in [5.74, 6) is -0.273. The average molecular weight is 476 g/mol. The molecule has 1 aliphatic heterocycles. The largest absolute Gasteiger partial charge is 0.573 e. The number of nitrogens with two attached hydrogens (primary N) is 3. The van der Waals surface area contributed by atoms with Crippen LogP contribution in [-0.2, 0) is 19.6 Å². The van der Waals surface area contributed by atoms with Gasteiger partial charge in [-0.2, -0.15) is 0 Å². The number of ether oxygens (including phenoxy) is 1. The van der Waals surface area contributed by atoms with Crippen LogP contribution in [0.15, 0.2) is 42.6 Å². The van der Waals surface area contributed by atoms with Crippen LogP contribution in [0.1, 0.15) is 30.4 Å². The van der Waals surface area contributed by atoms with E-state index in [2.05, 4.69) is 32.4 Å². The summed E-state index contributed by atoms with van der Waals surface area (Å²) in [5.41, 5.74) is 22.4. The summed E-state index contributed by atoms with van der Waals surface area (Å²) >= 11 is 0. The van der Waals surface area contributed by atoms with Gasteiger partial charge in [-0.1, -0.05) is 12.1 Å². The summed E-state index contributed by atoms with van der Waals surface area (Å²) in [6.07, 6.45) is 0.256. The van der Waals surface area contributed by atoms with E-state index in [4.69, 9.17) is 17.2 Å². The van der Waals surface area contributed by atoms with Gasteiger partial charge in [-0.05, 0) is 73.3 Å². The van der Waals surface area contributed by atoms with Gasteiger partial charge in [-0.3, -0.25) is 4.90 Å². The Bertz CT molecular complexity index is 1130. The zero-order chi connectivity index (χ0) is 24.3. The topological polar surface area (TPSA) is 95.5 Å². The summed E-state index contributed by atoms with van der Waals surface area (Å²) in [6, 6.07) is 11.0. The van der Waals surface area contributed by atoms with Crippen LogP contribution in [-0.4, -0.2) is 41.5 Å². The van der Waals surface area contributed by atoms with E-state index in [-0.39, 0.29) is 18.3 Å². The Morgan fingerprint density at radius 2 is 1.88 bits per heavy atom. The smallest absolute Gasteiger partial charge is 0.406 e. The molecule has 0 radical (unpaired) electrons. The molecule has 6 N–H and O–H groups in total. The van der Waals surface area contributed by atoms with Crippen LogP contribution in [0.25, 0.3) is 22.0 Å². The van der Waals surface area contributed by atoms with Gasteiger partial charge in [-0.25, -0.2) is 0 Å². The fraction of sp³-hybridized carbons (Fsp3) is 0.440. The lowest BCUT2D eigenvalue weighted by atomic mass is 9.97. The van der Waals surface area contributed by atoms with Crippen molar-refractivity contribution < 1.29 is 17.9 Å². The Morgan fingerprint density at radius 3 is 2.59 bits per heavy atom. The van der Waals surface area contributed by atoms with Crippen molar-refractivity contribution in [2.45, 2.75) is 51.3 Å². The second-order valence-electron chi connectivity index (χ2n) is 8.94.